The fraction of sp³-hybridized carbons (Fsp3) is 0.370. The predicted octanol–water partition coefficient (Wildman–Crippen LogP) is 5.00. The van der Waals surface area contributed by atoms with Crippen molar-refractivity contribution in [3.63, 3.8) is 0 Å². The van der Waals surface area contributed by atoms with Crippen molar-refractivity contribution in [1.82, 2.24) is 14.9 Å². The van der Waals surface area contributed by atoms with Crippen LogP contribution in [0.15, 0.2) is 78.1 Å². The van der Waals surface area contributed by atoms with Gasteiger partial charge in [0, 0.05) is 44.4 Å². The van der Waals surface area contributed by atoms with Gasteiger partial charge in [0.2, 0.25) is 0 Å². The molecule has 0 unspecified atom stereocenters. The summed E-state index contributed by atoms with van der Waals surface area (Å²) in [5.41, 5.74) is 3.21. The number of likely N-dealkylation sites (N-methyl/N-ethyl adjacent to an activating group) is 1. The molecule has 3 rings (SSSR count). The second kappa shape index (κ2) is 10.6. The SMILES string of the molecule is C=C(CN(c1cccc(N(C)C)c1)S(=O)(=O)c1ccc(C(C)(C)C)cc1)N(CC)Cc1ncc[nH]1. The van der Waals surface area contributed by atoms with E-state index in [0.29, 0.717) is 24.5 Å². The molecule has 2 aromatic carbocycles. The van der Waals surface area contributed by atoms with E-state index in [4.69, 9.17) is 0 Å². The topological polar surface area (TPSA) is 72.5 Å². The summed E-state index contributed by atoms with van der Waals surface area (Å²) in [5, 5.41) is 0. The molecular formula is C27H37N5O2S. The Morgan fingerprint density at radius 1 is 1.06 bits per heavy atom. The molecule has 7 nitrogen and oxygen atoms in total. The van der Waals surface area contributed by atoms with Gasteiger partial charge in [0.1, 0.15) is 5.82 Å². The van der Waals surface area contributed by atoms with Crippen LogP contribution in [0.25, 0.3) is 0 Å². The maximum atomic E-state index is 14.0. The Morgan fingerprint density at radius 3 is 2.26 bits per heavy atom. The first-order valence-corrected chi connectivity index (χ1v) is 13.2. The molecule has 0 radical (unpaired) electrons. The van der Waals surface area contributed by atoms with Crippen LogP contribution in [0.2, 0.25) is 0 Å². The van der Waals surface area contributed by atoms with Crippen molar-refractivity contribution >= 4 is 21.4 Å². The number of hydrogen-bond acceptors (Lipinski definition) is 5. The second-order valence-electron chi connectivity index (χ2n) is 9.82. The van der Waals surface area contributed by atoms with E-state index in [1.165, 1.54) is 4.31 Å². The number of nitrogens with zero attached hydrogens (tertiary/aromatic N) is 4. The van der Waals surface area contributed by atoms with E-state index in [9.17, 15) is 8.42 Å². The molecule has 0 saturated heterocycles. The van der Waals surface area contributed by atoms with Gasteiger partial charge in [-0.25, -0.2) is 13.4 Å². The highest BCUT2D eigenvalue weighted by atomic mass is 32.2. The summed E-state index contributed by atoms with van der Waals surface area (Å²) < 4.78 is 29.4. The smallest absolute Gasteiger partial charge is 0.264 e. The molecule has 1 heterocycles. The quantitative estimate of drug-likeness (QED) is 0.428. The average molecular weight is 496 g/mol. The minimum atomic E-state index is -3.85. The second-order valence-corrected chi connectivity index (χ2v) is 11.7. The summed E-state index contributed by atoms with van der Waals surface area (Å²) in [6.45, 7) is 13.9. The van der Waals surface area contributed by atoms with Crippen LogP contribution in [0, 0.1) is 0 Å². The fourth-order valence-electron chi connectivity index (χ4n) is 3.77. The molecule has 0 fully saturated rings. The van der Waals surface area contributed by atoms with Crippen molar-refractivity contribution in [2.45, 2.75) is 44.6 Å². The van der Waals surface area contributed by atoms with E-state index in [1.807, 2.05) is 67.2 Å². The van der Waals surface area contributed by atoms with E-state index in [1.54, 1.807) is 24.5 Å². The molecule has 188 valence electrons. The lowest BCUT2D eigenvalue weighted by Crippen LogP contribution is -2.37. The summed E-state index contributed by atoms with van der Waals surface area (Å²) >= 11 is 0. The van der Waals surface area contributed by atoms with Crippen molar-refractivity contribution in [3.05, 3.63) is 84.6 Å². The molecule has 0 saturated carbocycles. The highest BCUT2D eigenvalue weighted by molar-refractivity contribution is 7.92. The molecule has 1 aromatic heterocycles. The first-order valence-electron chi connectivity index (χ1n) is 11.7. The number of aromatic nitrogens is 2. The molecule has 0 atom stereocenters. The van der Waals surface area contributed by atoms with Crippen LogP contribution < -0.4 is 9.21 Å². The predicted molar refractivity (Wildman–Crippen MR) is 144 cm³/mol. The monoisotopic (exact) mass is 495 g/mol. The fourth-order valence-corrected chi connectivity index (χ4v) is 5.22. The number of aromatic amines is 1. The van der Waals surface area contributed by atoms with E-state index >= 15 is 0 Å². The molecule has 0 amide bonds. The van der Waals surface area contributed by atoms with Gasteiger partial charge in [-0.1, -0.05) is 45.5 Å². The largest absolute Gasteiger partial charge is 0.378 e. The zero-order valence-corrected chi connectivity index (χ0v) is 22.4. The molecule has 0 bridgehead atoms. The number of rotatable bonds is 10. The maximum absolute atomic E-state index is 14.0. The van der Waals surface area contributed by atoms with Crippen LogP contribution in [0.1, 0.15) is 39.1 Å². The first-order chi connectivity index (χ1) is 16.4. The molecule has 0 aliphatic heterocycles. The van der Waals surface area contributed by atoms with Gasteiger partial charge in [0.15, 0.2) is 0 Å². The lowest BCUT2D eigenvalue weighted by molar-refractivity contribution is 0.344. The number of imidazole rings is 1. The molecule has 0 aliphatic rings. The van der Waals surface area contributed by atoms with Crippen LogP contribution in [0.5, 0.6) is 0 Å². The molecule has 1 N–H and O–H groups in total. The van der Waals surface area contributed by atoms with E-state index in [0.717, 1.165) is 17.1 Å². The summed E-state index contributed by atoms with van der Waals surface area (Å²) in [4.78, 5) is 11.6. The zero-order chi connectivity index (χ0) is 25.8. The number of sulfonamides is 1. The summed E-state index contributed by atoms with van der Waals surface area (Å²) in [6.07, 6.45) is 3.48. The van der Waals surface area contributed by atoms with E-state index < -0.39 is 10.0 Å². The van der Waals surface area contributed by atoms with Crippen LogP contribution in [0.4, 0.5) is 11.4 Å². The molecule has 8 heteroatoms. The Kier molecular flexibility index (Phi) is 7.95. The van der Waals surface area contributed by atoms with Gasteiger partial charge in [-0.05, 0) is 48.2 Å². The Labute approximate surface area is 210 Å². The third-order valence-corrected chi connectivity index (χ3v) is 7.78. The Balaban J connectivity index is 2.00. The number of nitrogens with one attached hydrogen (secondary N) is 1. The summed E-state index contributed by atoms with van der Waals surface area (Å²) in [5.74, 6) is 0.801. The third kappa shape index (κ3) is 6.25. The Morgan fingerprint density at radius 2 is 1.71 bits per heavy atom. The van der Waals surface area contributed by atoms with Crippen molar-refractivity contribution in [2.24, 2.45) is 0 Å². The normalized spacial score (nSPS) is 11.8. The molecular weight excluding hydrogens is 458 g/mol. The summed E-state index contributed by atoms with van der Waals surface area (Å²) in [6, 6.07) is 14.7. The highest BCUT2D eigenvalue weighted by Crippen LogP contribution is 2.30. The van der Waals surface area contributed by atoms with Crippen molar-refractivity contribution < 1.29 is 8.42 Å². The molecule has 3 aromatic rings. The zero-order valence-electron chi connectivity index (χ0n) is 21.6. The number of anilines is 2. The average Bonchev–Trinajstić information content (AvgIpc) is 3.33. The van der Waals surface area contributed by atoms with Crippen LogP contribution in [0.3, 0.4) is 0 Å². The van der Waals surface area contributed by atoms with Crippen molar-refractivity contribution in [3.8, 4) is 0 Å². The number of H-pyrrole nitrogens is 1. The van der Waals surface area contributed by atoms with Gasteiger partial charge < -0.3 is 14.8 Å². The highest BCUT2D eigenvalue weighted by Gasteiger charge is 2.28. The molecule has 35 heavy (non-hydrogen) atoms. The molecule has 0 spiro atoms. The number of hydrogen-bond donors (Lipinski definition) is 1. The lowest BCUT2D eigenvalue weighted by Gasteiger charge is -2.31. The first kappa shape index (κ1) is 26.3. The van der Waals surface area contributed by atoms with E-state index in [2.05, 4.69) is 37.3 Å². The van der Waals surface area contributed by atoms with Crippen molar-refractivity contribution in [2.75, 3.05) is 36.4 Å². The van der Waals surface area contributed by atoms with Gasteiger partial charge in [-0.15, -0.1) is 0 Å². The Bertz CT molecular complexity index is 1230. The van der Waals surface area contributed by atoms with Crippen LogP contribution in [-0.4, -0.2) is 50.5 Å². The van der Waals surface area contributed by atoms with Gasteiger partial charge >= 0.3 is 0 Å². The minimum Gasteiger partial charge on any atom is -0.378 e. The Hall–Kier alpha value is -3.26. The van der Waals surface area contributed by atoms with Gasteiger partial charge in [0.25, 0.3) is 10.0 Å². The standard InChI is InChI=1S/C27H37N5O2S/c1-8-31(20-26-28-16-17-29-26)21(2)19-32(24-11-9-10-23(18-24)30(6)7)35(33,34)25-14-12-22(13-15-25)27(3,4)5/h9-18H,2,8,19-20H2,1,3-7H3,(H,28,29). The summed E-state index contributed by atoms with van der Waals surface area (Å²) in [7, 11) is 0.0158. The van der Waals surface area contributed by atoms with Gasteiger partial charge in [-0.2, -0.15) is 0 Å². The lowest BCUT2D eigenvalue weighted by atomic mass is 9.87. The van der Waals surface area contributed by atoms with Crippen molar-refractivity contribution in [1.29, 1.82) is 0 Å². The van der Waals surface area contributed by atoms with Crippen LogP contribution >= 0.6 is 0 Å². The third-order valence-electron chi connectivity index (χ3n) is 5.99. The van der Waals surface area contributed by atoms with Crippen LogP contribution in [-0.2, 0) is 22.0 Å². The number of benzene rings is 2. The van der Waals surface area contributed by atoms with Gasteiger partial charge in [-0.3, -0.25) is 4.31 Å². The van der Waals surface area contributed by atoms with Gasteiger partial charge in [0.05, 0.1) is 23.7 Å². The van der Waals surface area contributed by atoms with E-state index in [-0.39, 0.29) is 16.9 Å². The molecule has 0 aliphatic carbocycles. The minimum absolute atomic E-state index is 0.0657. The maximum Gasteiger partial charge on any atom is 0.264 e.